The van der Waals surface area contributed by atoms with Gasteiger partial charge in [-0.15, -0.1) is 0 Å². The van der Waals surface area contributed by atoms with Crippen LogP contribution in [-0.4, -0.2) is 59.0 Å². The average molecular weight is 426 g/mol. The molecule has 1 aliphatic heterocycles. The highest BCUT2D eigenvalue weighted by molar-refractivity contribution is 8.00. The fourth-order valence-corrected chi connectivity index (χ4v) is 4.41. The van der Waals surface area contributed by atoms with Gasteiger partial charge in [0.25, 0.3) is 5.56 Å². The minimum absolute atomic E-state index is 0.0204. The molecule has 1 aromatic heterocycles. The zero-order chi connectivity index (χ0) is 21.1. The van der Waals surface area contributed by atoms with Crippen LogP contribution in [0, 0.1) is 0 Å². The van der Waals surface area contributed by atoms with Crippen LogP contribution in [-0.2, 0) is 9.53 Å². The number of fused-ring (bicyclic) bond motifs is 1. The topological polar surface area (TPSA) is 73.7 Å². The Hall–Kier alpha value is -2.84. The third kappa shape index (κ3) is 4.06. The average Bonchev–Trinajstić information content (AvgIpc) is 2.79. The van der Waals surface area contributed by atoms with E-state index in [0.29, 0.717) is 53.8 Å². The van der Waals surface area contributed by atoms with E-state index in [2.05, 4.69) is 0 Å². The second-order valence-electron chi connectivity index (χ2n) is 6.95. The van der Waals surface area contributed by atoms with Crippen molar-refractivity contribution < 1.29 is 14.3 Å². The highest BCUT2D eigenvalue weighted by Gasteiger charge is 2.25. The van der Waals surface area contributed by atoms with Crippen LogP contribution in [0.2, 0.25) is 0 Å². The van der Waals surface area contributed by atoms with Crippen LogP contribution in [0.4, 0.5) is 0 Å². The minimum atomic E-state index is -0.388. The lowest BCUT2D eigenvalue weighted by Crippen LogP contribution is -2.44. The summed E-state index contributed by atoms with van der Waals surface area (Å²) < 4.78 is 12.1. The summed E-state index contributed by atoms with van der Waals surface area (Å²) in [6.45, 7) is 4.12. The minimum Gasteiger partial charge on any atom is -0.497 e. The van der Waals surface area contributed by atoms with Gasteiger partial charge in [0.05, 0.1) is 42.2 Å². The van der Waals surface area contributed by atoms with Crippen molar-refractivity contribution in [1.82, 2.24) is 14.5 Å². The summed E-state index contributed by atoms with van der Waals surface area (Å²) in [6, 6.07) is 14.5. The maximum atomic E-state index is 13.3. The van der Waals surface area contributed by atoms with Crippen LogP contribution in [0.25, 0.3) is 16.6 Å². The van der Waals surface area contributed by atoms with Gasteiger partial charge >= 0.3 is 0 Å². The largest absolute Gasteiger partial charge is 0.497 e. The number of ether oxygens (including phenoxy) is 2. The Kier molecular flexibility index (Phi) is 6.06. The molecular weight excluding hydrogens is 402 g/mol. The third-order valence-electron chi connectivity index (χ3n) is 5.03. The van der Waals surface area contributed by atoms with Crippen molar-refractivity contribution in [2.24, 2.45) is 0 Å². The van der Waals surface area contributed by atoms with Gasteiger partial charge in [-0.2, -0.15) is 0 Å². The zero-order valence-electron chi connectivity index (χ0n) is 16.9. The Bertz CT molecular complexity index is 1110. The molecule has 3 aromatic rings. The van der Waals surface area contributed by atoms with E-state index < -0.39 is 0 Å². The molecular formula is C22H23N3O4S. The molecule has 30 heavy (non-hydrogen) atoms. The molecule has 2 aromatic carbocycles. The maximum absolute atomic E-state index is 13.3. The maximum Gasteiger partial charge on any atom is 0.266 e. The van der Waals surface area contributed by atoms with E-state index in [-0.39, 0.29) is 16.7 Å². The fourth-order valence-electron chi connectivity index (χ4n) is 3.40. The summed E-state index contributed by atoms with van der Waals surface area (Å²) in [4.78, 5) is 32.7. The van der Waals surface area contributed by atoms with E-state index in [9.17, 15) is 9.59 Å². The molecule has 8 heteroatoms. The van der Waals surface area contributed by atoms with Gasteiger partial charge in [-0.25, -0.2) is 4.98 Å². The number of carbonyl (C=O) groups is 1. The molecule has 0 radical (unpaired) electrons. The summed E-state index contributed by atoms with van der Waals surface area (Å²) in [5, 5.41) is 0.628. The molecule has 4 rings (SSSR count). The molecule has 7 nitrogen and oxygen atoms in total. The molecule has 0 N–H and O–H groups in total. The predicted octanol–water partition coefficient (Wildman–Crippen LogP) is 2.73. The number of benzene rings is 2. The zero-order valence-corrected chi connectivity index (χ0v) is 17.7. The Morgan fingerprint density at radius 3 is 2.53 bits per heavy atom. The molecule has 0 saturated carbocycles. The summed E-state index contributed by atoms with van der Waals surface area (Å²) in [5.41, 5.74) is 1.12. The highest BCUT2D eigenvalue weighted by atomic mass is 32.2. The number of aromatic nitrogens is 2. The summed E-state index contributed by atoms with van der Waals surface area (Å²) >= 11 is 1.29. The number of thioether (sulfide) groups is 1. The second kappa shape index (κ2) is 8.89. The van der Waals surface area contributed by atoms with E-state index in [0.717, 1.165) is 0 Å². The predicted molar refractivity (Wildman–Crippen MR) is 117 cm³/mol. The van der Waals surface area contributed by atoms with Gasteiger partial charge in [-0.3, -0.25) is 14.2 Å². The second-order valence-corrected chi connectivity index (χ2v) is 8.26. The van der Waals surface area contributed by atoms with Crippen molar-refractivity contribution in [3.8, 4) is 11.4 Å². The molecule has 0 aliphatic carbocycles. The number of rotatable bonds is 5. The number of hydrogen-bond donors (Lipinski definition) is 0. The lowest BCUT2D eigenvalue weighted by atomic mass is 10.2. The number of hydrogen-bond acceptors (Lipinski definition) is 6. The highest BCUT2D eigenvalue weighted by Crippen LogP contribution is 2.27. The first-order valence-electron chi connectivity index (χ1n) is 9.78. The number of carbonyl (C=O) groups excluding carboxylic acids is 1. The first kappa shape index (κ1) is 20.4. The number of amides is 1. The molecule has 1 saturated heterocycles. The van der Waals surface area contributed by atoms with Crippen molar-refractivity contribution in [3.05, 3.63) is 58.9 Å². The van der Waals surface area contributed by atoms with Crippen molar-refractivity contribution >= 4 is 28.6 Å². The quantitative estimate of drug-likeness (QED) is 0.462. The number of para-hydroxylation sites is 1. The van der Waals surface area contributed by atoms with E-state index >= 15 is 0 Å². The van der Waals surface area contributed by atoms with Gasteiger partial charge in [0.1, 0.15) is 5.75 Å². The van der Waals surface area contributed by atoms with Gasteiger partial charge < -0.3 is 14.4 Å². The molecule has 1 amide bonds. The van der Waals surface area contributed by atoms with Crippen LogP contribution in [0.3, 0.4) is 0 Å². The van der Waals surface area contributed by atoms with Gasteiger partial charge in [-0.05, 0) is 43.3 Å². The van der Waals surface area contributed by atoms with Gasteiger partial charge in [0.2, 0.25) is 5.91 Å². The van der Waals surface area contributed by atoms with E-state index in [1.54, 1.807) is 34.8 Å². The molecule has 2 heterocycles. The first-order valence-corrected chi connectivity index (χ1v) is 10.7. The lowest BCUT2D eigenvalue weighted by molar-refractivity contribution is -0.134. The van der Waals surface area contributed by atoms with Crippen molar-refractivity contribution in [3.63, 3.8) is 0 Å². The fraction of sp³-hybridized carbons (Fsp3) is 0.318. The molecule has 0 spiro atoms. The molecule has 1 atom stereocenters. The number of nitrogens with zero attached hydrogens (tertiary/aromatic N) is 3. The van der Waals surface area contributed by atoms with E-state index in [1.165, 1.54) is 11.8 Å². The molecule has 0 bridgehead atoms. The van der Waals surface area contributed by atoms with Crippen LogP contribution in [0.1, 0.15) is 6.92 Å². The van der Waals surface area contributed by atoms with Crippen molar-refractivity contribution in [1.29, 1.82) is 0 Å². The van der Waals surface area contributed by atoms with Crippen molar-refractivity contribution in [2.75, 3.05) is 33.4 Å². The smallest absolute Gasteiger partial charge is 0.266 e. The standard InChI is InChI=1S/C22H23N3O4S/c1-15(20(26)24-11-13-29-14-12-24)30-22-23-19-6-4-3-5-18(19)21(27)25(22)16-7-9-17(28-2)10-8-16/h3-10,15H,11-14H2,1-2H3/t15-/m0/s1. The van der Waals surface area contributed by atoms with Crippen LogP contribution >= 0.6 is 11.8 Å². The van der Waals surface area contributed by atoms with E-state index in [4.69, 9.17) is 14.5 Å². The van der Waals surface area contributed by atoms with E-state index in [1.807, 2.05) is 37.3 Å². The monoisotopic (exact) mass is 425 g/mol. The molecule has 1 fully saturated rings. The Morgan fingerprint density at radius 2 is 1.83 bits per heavy atom. The van der Waals surface area contributed by atoms with Crippen molar-refractivity contribution in [2.45, 2.75) is 17.3 Å². The Morgan fingerprint density at radius 1 is 1.13 bits per heavy atom. The summed E-state index contributed by atoms with van der Waals surface area (Å²) in [6.07, 6.45) is 0. The number of methoxy groups -OCH3 is 1. The van der Waals surface area contributed by atoms with Gasteiger partial charge in [0, 0.05) is 13.1 Å². The summed E-state index contributed by atoms with van der Waals surface area (Å²) in [5.74, 6) is 0.720. The third-order valence-corrected chi connectivity index (χ3v) is 6.07. The van der Waals surface area contributed by atoms with Gasteiger partial charge in [0.15, 0.2) is 5.16 Å². The number of morpholine rings is 1. The van der Waals surface area contributed by atoms with Crippen LogP contribution in [0.15, 0.2) is 58.5 Å². The molecule has 156 valence electrons. The lowest BCUT2D eigenvalue weighted by Gasteiger charge is -2.29. The van der Waals surface area contributed by atoms with Gasteiger partial charge in [-0.1, -0.05) is 23.9 Å². The molecule has 0 unspecified atom stereocenters. The molecule has 1 aliphatic rings. The first-order chi connectivity index (χ1) is 14.6. The van der Waals surface area contributed by atoms with Crippen LogP contribution in [0.5, 0.6) is 5.75 Å². The Labute approximate surface area is 178 Å². The SMILES string of the molecule is COc1ccc(-n2c(S[C@@H](C)C(=O)N3CCOCC3)nc3ccccc3c2=O)cc1. The Balaban J connectivity index is 1.75. The van der Waals surface area contributed by atoms with Crippen LogP contribution < -0.4 is 10.3 Å². The normalized spacial score (nSPS) is 15.2. The summed E-state index contributed by atoms with van der Waals surface area (Å²) in [7, 11) is 1.60.